The van der Waals surface area contributed by atoms with Crippen molar-refractivity contribution in [3.8, 4) is 17.1 Å². The Morgan fingerprint density at radius 2 is 1.93 bits per heavy atom. The third-order valence-electron chi connectivity index (χ3n) is 3.67. The van der Waals surface area contributed by atoms with Crippen molar-refractivity contribution >= 4 is 23.4 Å². The summed E-state index contributed by atoms with van der Waals surface area (Å²) in [5.74, 6) is -1.07. The average molecular weight is 390 g/mol. The van der Waals surface area contributed by atoms with Gasteiger partial charge in [-0.2, -0.15) is 0 Å². The Hall–Kier alpha value is -2.94. The van der Waals surface area contributed by atoms with Gasteiger partial charge in [0.2, 0.25) is 11.1 Å². The van der Waals surface area contributed by atoms with Crippen LogP contribution in [0, 0.1) is 11.6 Å². The second-order valence-corrected chi connectivity index (χ2v) is 6.88. The number of benzene rings is 2. The molecule has 0 spiro atoms. The number of amides is 1. The highest BCUT2D eigenvalue weighted by atomic mass is 32.2. The Morgan fingerprint density at radius 1 is 1.19 bits per heavy atom. The third kappa shape index (κ3) is 4.62. The summed E-state index contributed by atoms with van der Waals surface area (Å²) < 4.78 is 31.3. The lowest BCUT2D eigenvalue weighted by Crippen LogP contribution is -2.22. The minimum Gasteiger partial charge on any atom is -0.497 e. The Kier molecular flexibility index (Phi) is 5.70. The molecule has 0 aliphatic carbocycles. The summed E-state index contributed by atoms with van der Waals surface area (Å²) in [7, 11) is 1.59. The maximum absolute atomic E-state index is 13.2. The summed E-state index contributed by atoms with van der Waals surface area (Å²) in [5, 5.41) is 9.31. The van der Waals surface area contributed by atoms with E-state index in [0.29, 0.717) is 11.0 Å². The molecule has 2 aromatic carbocycles. The molecule has 1 atom stereocenters. The van der Waals surface area contributed by atoms with E-state index in [1.54, 1.807) is 14.0 Å². The van der Waals surface area contributed by atoms with E-state index < -0.39 is 16.9 Å². The van der Waals surface area contributed by atoms with Crippen LogP contribution >= 0.6 is 11.8 Å². The minimum atomic E-state index is -1.02. The zero-order valence-corrected chi connectivity index (χ0v) is 15.3. The molecule has 3 rings (SSSR count). The molecule has 27 heavy (non-hydrogen) atoms. The first-order valence-electron chi connectivity index (χ1n) is 7.95. The Balaban J connectivity index is 1.63. The molecule has 0 bridgehead atoms. The van der Waals surface area contributed by atoms with Crippen LogP contribution in [0.3, 0.4) is 0 Å². The van der Waals surface area contributed by atoms with Crippen molar-refractivity contribution in [2.45, 2.75) is 17.3 Å². The largest absolute Gasteiger partial charge is 0.497 e. The summed E-state index contributed by atoms with van der Waals surface area (Å²) in [6.45, 7) is 1.67. The van der Waals surface area contributed by atoms with Gasteiger partial charge in [0.15, 0.2) is 17.5 Å². The molecule has 0 aliphatic heterocycles. The fourth-order valence-electron chi connectivity index (χ4n) is 2.21. The number of hydrogen-bond acceptors (Lipinski definition) is 5. The van der Waals surface area contributed by atoms with Gasteiger partial charge in [-0.15, -0.1) is 5.10 Å². The summed E-state index contributed by atoms with van der Waals surface area (Å²) in [6, 6.07) is 10.5. The van der Waals surface area contributed by atoms with E-state index in [4.69, 9.17) is 4.74 Å². The SMILES string of the molecule is COc1ccc(-c2nc(S[C@H](C)C(=O)Nc3ccc(F)c(F)c3)n[nH]2)cc1. The number of carbonyl (C=O) groups is 1. The number of thioether (sulfide) groups is 1. The van der Waals surface area contributed by atoms with Crippen LogP contribution in [0.25, 0.3) is 11.4 Å². The molecule has 2 N–H and O–H groups in total. The molecule has 6 nitrogen and oxygen atoms in total. The van der Waals surface area contributed by atoms with Gasteiger partial charge in [-0.25, -0.2) is 13.8 Å². The van der Waals surface area contributed by atoms with Crippen molar-refractivity contribution in [2.24, 2.45) is 0 Å². The van der Waals surface area contributed by atoms with Crippen molar-refractivity contribution in [3.63, 3.8) is 0 Å². The van der Waals surface area contributed by atoms with Crippen LogP contribution in [0.2, 0.25) is 0 Å². The predicted octanol–water partition coefficient (Wildman–Crippen LogP) is 3.88. The maximum atomic E-state index is 13.2. The second kappa shape index (κ2) is 8.17. The van der Waals surface area contributed by atoms with Crippen molar-refractivity contribution in [3.05, 3.63) is 54.1 Å². The van der Waals surface area contributed by atoms with Gasteiger partial charge in [0.25, 0.3) is 0 Å². The fraction of sp³-hybridized carbons (Fsp3) is 0.167. The molecule has 9 heteroatoms. The number of methoxy groups -OCH3 is 1. The second-order valence-electron chi connectivity index (χ2n) is 5.57. The summed E-state index contributed by atoms with van der Waals surface area (Å²) in [5.41, 5.74) is 1.01. The monoisotopic (exact) mass is 390 g/mol. The van der Waals surface area contributed by atoms with Gasteiger partial charge in [0.05, 0.1) is 12.4 Å². The molecular weight excluding hydrogens is 374 g/mol. The van der Waals surface area contributed by atoms with Gasteiger partial charge in [0, 0.05) is 17.3 Å². The lowest BCUT2D eigenvalue weighted by Gasteiger charge is -2.10. The number of aromatic nitrogens is 3. The molecule has 140 valence electrons. The van der Waals surface area contributed by atoms with Crippen LogP contribution in [0.4, 0.5) is 14.5 Å². The predicted molar refractivity (Wildman–Crippen MR) is 98.7 cm³/mol. The first-order valence-corrected chi connectivity index (χ1v) is 8.83. The summed E-state index contributed by atoms with van der Waals surface area (Å²) in [4.78, 5) is 16.6. The number of anilines is 1. The lowest BCUT2D eigenvalue weighted by molar-refractivity contribution is -0.115. The zero-order chi connectivity index (χ0) is 19.4. The number of carbonyl (C=O) groups excluding carboxylic acids is 1. The van der Waals surface area contributed by atoms with E-state index >= 15 is 0 Å². The van der Waals surface area contributed by atoms with Gasteiger partial charge in [-0.1, -0.05) is 11.8 Å². The van der Waals surface area contributed by atoms with E-state index in [1.165, 1.54) is 6.07 Å². The Bertz CT molecular complexity index is 947. The molecule has 0 aliphatic rings. The van der Waals surface area contributed by atoms with E-state index in [9.17, 15) is 13.6 Å². The normalized spacial score (nSPS) is 11.9. The lowest BCUT2D eigenvalue weighted by atomic mass is 10.2. The Labute approximate surface area is 158 Å². The van der Waals surface area contributed by atoms with Crippen molar-refractivity contribution in [1.82, 2.24) is 15.2 Å². The number of hydrogen-bond donors (Lipinski definition) is 2. The molecule has 1 heterocycles. The smallest absolute Gasteiger partial charge is 0.237 e. The number of nitrogens with one attached hydrogen (secondary N) is 2. The molecule has 0 saturated carbocycles. The van der Waals surface area contributed by atoms with Crippen LogP contribution in [0.1, 0.15) is 6.92 Å². The van der Waals surface area contributed by atoms with Gasteiger partial charge < -0.3 is 10.1 Å². The number of nitrogens with zero attached hydrogens (tertiary/aromatic N) is 2. The number of H-pyrrole nitrogens is 1. The fourth-order valence-corrected chi connectivity index (χ4v) is 2.93. The molecule has 0 fully saturated rings. The summed E-state index contributed by atoms with van der Waals surface area (Å²) in [6.07, 6.45) is 0. The molecule has 1 amide bonds. The first-order chi connectivity index (χ1) is 13.0. The van der Waals surface area contributed by atoms with Crippen LogP contribution < -0.4 is 10.1 Å². The van der Waals surface area contributed by atoms with E-state index in [0.717, 1.165) is 35.2 Å². The summed E-state index contributed by atoms with van der Waals surface area (Å²) >= 11 is 1.14. The van der Waals surface area contributed by atoms with Gasteiger partial charge >= 0.3 is 0 Å². The van der Waals surface area contributed by atoms with Gasteiger partial charge in [-0.3, -0.25) is 9.89 Å². The molecular formula is C18H16F2N4O2S. The maximum Gasteiger partial charge on any atom is 0.237 e. The average Bonchev–Trinajstić information content (AvgIpc) is 3.13. The van der Waals surface area contributed by atoms with Crippen molar-refractivity contribution in [1.29, 1.82) is 0 Å². The quantitative estimate of drug-likeness (QED) is 0.625. The van der Waals surface area contributed by atoms with E-state index in [1.807, 2.05) is 24.3 Å². The highest BCUT2D eigenvalue weighted by Gasteiger charge is 2.18. The van der Waals surface area contributed by atoms with Crippen molar-refractivity contribution < 1.29 is 18.3 Å². The van der Waals surface area contributed by atoms with Crippen LogP contribution in [0.5, 0.6) is 5.75 Å². The molecule has 1 aromatic heterocycles. The number of aromatic amines is 1. The molecule has 0 saturated heterocycles. The molecule has 0 unspecified atom stereocenters. The van der Waals surface area contributed by atoms with Crippen molar-refractivity contribution in [2.75, 3.05) is 12.4 Å². The van der Waals surface area contributed by atoms with Crippen LogP contribution in [-0.2, 0) is 4.79 Å². The van der Waals surface area contributed by atoms with Gasteiger partial charge in [0.1, 0.15) is 5.75 Å². The van der Waals surface area contributed by atoms with Crippen LogP contribution in [0.15, 0.2) is 47.6 Å². The van der Waals surface area contributed by atoms with E-state index in [-0.39, 0.29) is 11.6 Å². The Morgan fingerprint density at radius 3 is 2.59 bits per heavy atom. The highest BCUT2D eigenvalue weighted by molar-refractivity contribution is 8.00. The van der Waals surface area contributed by atoms with E-state index in [2.05, 4.69) is 20.5 Å². The number of halogens is 2. The van der Waals surface area contributed by atoms with Crippen LogP contribution in [-0.4, -0.2) is 33.4 Å². The molecule has 0 radical (unpaired) electrons. The topological polar surface area (TPSA) is 79.9 Å². The standard InChI is InChI=1S/C18H16F2N4O2S/c1-10(17(25)21-12-5-8-14(19)15(20)9-12)27-18-22-16(23-24-18)11-3-6-13(26-2)7-4-11/h3-10H,1-2H3,(H,21,25)(H,22,23,24)/t10-/m1/s1. The minimum absolute atomic E-state index is 0.181. The first kappa shape index (κ1) is 18.8. The molecule has 3 aromatic rings. The zero-order valence-electron chi connectivity index (χ0n) is 14.5. The van der Waals surface area contributed by atoms with Gasteiger partial charge in [-0.05, 0) is 43.3 Å². The third-order valence-corrected chi connectivity index (χ3v) is 4.63. The highest BCUT2D eigenvalue weighted by Crippen LogP contribution is 2.25. The number of ether oxygens (including phenoxy) is 1. The number of rotatable bonds is 6.